The summed E-state index contributed by atoms with van der Waals surface area (Å²) in [5, 5.41) is 0. The molecule has 4 aliphatic rings. The van der Waals surface area contributed by atoms with Gasteiger partial charge < -0.3 is 9.64 Å². The highest BCUT2D eigenvalue weighted by atomic mass is 79.9. The fourth-order valence-electron chi connectivity index (χ4n) is 4.40. The first-order valence-corrected chi connectivity index (χ1v) is 9.90. The summed E-state index contributed by atoms with van der Waals surface area (Å²) in [6, 6.07) is 4.27. The number of methoxy groups -OCH3 is 1. The molecule has 23 heavy (non-hydrogen) atoms. The molecule has 1 heterocycles. The molecule has 126 valence electrons. The summed E-state index contributed by atoms with van der Waals surface area (Å²) in [5.74, 6) is 0.854. The minimum atomic E-state index is -0.885. The molecule has 5 rings (SSSR count). The number of ether oxygens (including phenoxy) is 1. The van der Waals surface area contributed by atoms with E-state index in [9.17, 15) is 4.39 Å². The van der Waals surface area contributed by atoms with E-state index in [1.54, 1.807) is 19.1 Å². The molecule has 0 unspecified atom stereocenters. The zero-order valence-corrected chi connectivity index (χ0v) is 15.7. The lowest BCUT2D eigenvalue weighted by Crippen LogP contribution is -2.58. The van der Waals surface area contributed by atoms with E-state index < -0.39 is 5.67 Å². The summed E-state index contributed by atoms with van der Waals surface area (Å²) in [4.78, 5) is 3.75. The third-order valence-corrected chi connectivity index (χ3v) is 7.35. The third kappa shape index (κ3) is 2.67. The molecule has 3 fully saturated rings. The van der Waals surface area contributed by atoms with Crippen LogP contribution in [0.1, 0.15) is 38.5 Å². The standard InChI is InChI=1S/C17H22BrFN2OS/c1-22-14-11-15-13(10-12(14)18)21(9-8-20-23-15)17-5-2-16(19,3-6-17)4-7-17/h10-11,20H,2-9H2,1H3. The van der Waals surface area contributed by atoms with Crippen LogP contribution >= 0.6 is 27.9 Å². The van der Waals surface area contributed by atoms with Crippen molar-refractivity contribution in [3.8, 4) is 5.75 Å². The van der Waals surface area contributed by atoms with E-state index in [0.717, 1.165) is 61.8 Å². The van der Waals surface area contributed by atoms with Crippen molar-refractivity contribution < 1.29 is 9.13 Å². The molecule has 3 nitrogen and oxygen atoms in total. The zero-order chi connectivity index (χ0) is 16.1. The van der Waals surface area contributed by atoms with Crippen molar-refractivity contribution in [3.63, 3.8) is 0 Å². The second-order valence-electron chi connectivity index (χ2n) is 6.98. The SMILES string of the molecule is COc1cc2c(cc1Br)N(C13CCC(F)(CC1)CC3)CCNS2. The minimum absolute atomic E-state index is 0.128. The Labute approximate surface area is 149 Å². The van der Waals surface area contributed by atoms with Crippen LogP contribution in [0.3, 0.4) is 0 Å². The number of nitrogens with zero attached hydrogens (tertiary/aromatic N) is 1. The first-order valence-electron chi connectivity index (χ1n) is 8.29. The Hall–Kier alpha value is -0.460. The van der Waals surface area contributed by atoms with Gasteiger partial charge in [-0.3, -0.25) is 4.72 Å². The molecular formula is C17H22BrFN2OS. The largest absolute Gasteiger partial charge is 0.496 e. The van der Waals surface area contributed by atoms with Gasteiger partial charge >= 0.3 is 0 Å². The molecule has 0 spiro atoms. The van der Waals surface area contributed by atoms with Crippen LogP contribution in [0.15, 0.2) is 21.5 Å². The van der Waals surface area contributed by atoms with Gasteiger partial charge in [-0.25, -0.2) is 4.39 Å². The lowest BCUT2D eigenvalue weighted by Gasteiger charge is -2.55. The number of hydrogen-bond donors (Lipinski definition) is 1. The molecule has 0 saturated heterocycles. The van der Waals surface area contributed by atoms with Gasteiger partial charge in [0, 0.05) is 23.5 Å². The number of nitrogens with one attached hydrogen (secondary N) is 1. The molecule has 1 aromatic carbocycles. The number of fused-ring (bicyclic) bond motifs is 4. The van der Waals surface area contributed by atoms with Gasteiger partial charge in [0.2, 0.25) is 0 Å². The number of alkyl halides is 1. The highest BCUT2D eigenvalue weighted by Gasteiger charge is 2.52. The molecule has 2 bridgehead atoms. The number of halogens is 2. The quantitative estimate of drug-likeness (QED) is 0.727. The molecule has 1 N–H and O–H groups in total. The second-order valence-corrected chi connectivity index (χ2v) is 8.76. The summed E-state index contributed by atoms with van der Waals surface area (Å²) in [7, 11) is 1.70. The Balaban J connectivity index is 1.74. The molecule has 1 aromatic rings. The van der Waals surface area contributed by atoms with Gasteiger partial charge in [-0.05, 0) is 78.5 Å². The number of rotatable bonds is 2. The molecule has 0 aromatic heterocycles. The first-order chi connectivity index (χ1) is 11.1. The van der Waals surface area contributed by atoms with E-state index in [2.05, 4.69) is 37.7 Å². The van der Waals surface area contributed by atoms with Crippen LogP contribution in [0.5, 0.6) is 5.75 Å². The van der Waals surface area contributed by atoms with Crippen LogP contribution in [0.2, 0.25) is 0 Å². The Kier molecular flexibility index (Phi) is 4.05. The van der Waals surface area contributed by atoms with Crippen molar-refractivity contribution in [1.82, 2.24) is 4.72 Å². The Bertz CT molecular complexity index is 602. The van der Waals surface area contributed by atoms with E-state index in [1.165, 1.54) is 10.6 Å². The molecule has 0 radical (unpaired) electrons. The smallest absolute Gasteiger partial charge is 0.134 e. The summed E-state index contributed by atoms with van der Waals surface area (Å²) in [6.07, 6.45) is 5.07. The Morgan fingerprint density at radius 3 is 2.57 bits per heavy atom. The number of hydrogen-bond acceptors (Lipinski definition) is 4. The van der Waals surface area contributed by atoms with Gasteiger partial charge in [0.25, 0.3) is 0 Å². The van der Waals surface area contributed by atoms with Crippen LogP contribution in [0.25, 0.3) is 0 Å². The monoisotopic (exact) mass is 400 g/mol. The third-order valence-electron chi connectivity index (χ3n) is 5.83. The van der Waals surface area contributed by atoms with Gasteiger partial charge in [0.15, 0.2) is 0 Å². The second kappa shape index (κ2) is 5.81. The summed E-state index contributed by atoms with van der Waals surface area (Å²) >= 11 is 5.30. The average molecular weight is 401 g/mol. The number of anilines is 1. The van der Waals surface area contributed by atoms with Crippen LogP contribution < -0.4 is 14.4 Å². The number of benzene rings is 1. The normalized spacial score (nSPS) is 33.3. The highest BCUT2D eigenvalue weighted by Crippen LogP contribution is 2.54. The van der Waals surface area contributed by atoms with E-state index in [0.29, 0.717) is 0 Å². The van der Waals surface area contributed by atoms with Crippen molar-refractivity contribution in [2.24, 2.45) is 0 Å². The molecular weight excluding hydrogens is 379 g/mol. The van der Waals surface area contributed by atoms with E-state index in [-0.39, 0.29) is 5.54 Å². The van der Waals surface area contributed by atoms with E-state index in [1.807, 2.05) is 0 Å². The molecule has 0 amide bonds. The van der Waals surface area contributed by atoms with Gasteiger partial charge in [-0.2, -0.15) is 0 Å². The predicted octanol–water partition coefficient (Wildman–Crippen LogP) is 4.69. The van der Waals surface area contributed by atoms with Crippen molar-refractivity contribution in [3.05, 3.63) is 16.6 Å². The van der Waals surface area contributed by atoms with Gasteiger partial charge in [-0.15, -0.1) is 0 Å². The highest BCUT2D eigenvalue weighted by molar-refractivity contribution is 9.10. The Morgan fingerprint density at radius 2 is 1.91 bits per heavy atom. The maximum Gasteiger partial charge on any atom is 0.134 e. The summed E-state index contributed by atoms with van der Waals surface area (Å²) < 4.78 is 24.4. The topological polar surface area (TPSA) is 24.5 Å². The fourth-order valence-corrected chi connectivity index (χ4v) is 5.68. The Morgan fingerprint density at radius 1 is 1.22 bits per heavy atom. The maximum atomic E-state index is 14.6. The van der Waals surface area contributed by atoms with Crippen molar-refractivity contribution >= 4 is 33.6 Å². The summed E-state index contributed by atoms with van der Waals surface area (Å²) in [6.45, 7) is 1.90. The van der Waals surface area contributed by atoms with Crippen LogP contribution in [0, 0.1) is 0 Å². The van der Waals surface area contributed by atoms with Gasteiger partial charge in [0.1, 0.15) is 11.4 Å². The molecule has 3 saturated carbocycles. The average Bonchev–Trinajstić information content (AvgIpc) is 2.77. The van der Waals surface area contributed by atoms with Crippen molar-refractivity contribution in [2.45, 2.75) is 54.6 Å². The lowest BCUT2D eigenvalue weighted by atomic mass is 9.63. The first kappa shape index (κ1) is 16.0. The van der Waals surface area contributed by atoms with Crippen LogP contribution in [-0.2, 0) is 0 Å². The molecule has 1 aliphatic heterocycles. The molecule has 3 aliphatic carbocycles. The van der Waals surface area contributed by atoms with E-state index in [4.69, 9.17) is 4.74 Å². The van der Waals surface area contributed by atoms with Crippen LogP contribution in [0.4, 0.5) is 10.1 Å². The fraction of sp³-hybridized carbons (Fsp3) is 0.647. The summed E-state index contributed by atoms with van der Waals surface area (Å²) in [5.41, 5.74) is 0.494. The van der Waals surface area contributed by atoms with Gasteiger partial charge in [-0.1, -0.05) is 0 Å². The minimum Gasteiger partial charge on any atom is -0.496 e. The maximum absolute atomic E-state index is 14.6. The van der Waals surface area contributed by atoms with Crippen LogP contribution in [-0.4, -0.2) is 31.4 Å². The van der Waals surface area contributed by atoms with Crippen molar-refractivity contribution in [2.75, 3.05) is 25.1 Å². The molecule has 6 heteroatoms. The zero-order valence-electron chi connectivity index (χ0n) is 13.3. The lowest BCUT2D eigenvalue weighted by molar-refractivity contribution is 0.00403. The molecule has 0 atom stereocenters. The van der Waals surface area contributed by atoms with Gasteiger partial charge in [0.05, 0.1) is 17.3 Å². The van der Waals surface area contributed by atoms with E-state index >= 15 is 0 Å². The predicted molar refractivity (Wildman–Crippen MR) is 96.2 cm³/mol. The van der Waals surface area contributed by atoms with Crippen molar-refractivity contribution in [1.29, 1.82) is 0 Å².